The first-order valence-corrected chi connectivity index (χ1v) is 13.7. The first-order valence-electron chi connectivity index (χ1n) is 10.8. The molecule has 0 aliphatic carbocycles. The molecule has 0 fully saturated rings. The van der Waals surface area contributed by atoms with E-state index in [1.54, 1.807) is 0 Å². The Morgan fingerprint density at radius 2 is 1.36 bits per heavy atom. The van der Waals surface area contributed by atoms with Gasteiger partial charge in [0.1, 0.15) is 0 Å². The molecule has 0 radical (unpaired) electrons. The summed E-state index contributed by atoms with van der Waals surface area (Å²) < 4.78 is 6.86. The molecule has 0 saturated carbocycles. The Bertz CT molecular complexity index is 355. The summed E-state index contributed by atoms with van der Waals surface area (Å²) in [5.41, 5.74) is 1.38. The molecule has 0 aromatic carbocycles. The maximum absolute atomic E-state index is 6.86. The fraction of sp³-hybridized carbons (Fsp3) is 0.913. The van der Waals surface area contributed by atoms with Crippen molar-refractivity contribution in [2.45, 2.75) is 124 Å². The molecule has 0 heterocycles. The van der Waals surface area contributed by atoms with Crippen LogP contribution in [0, 0.1) is 11.8 Å². The Morgan fingerprint density at radius 1 is 0.920 bits per heavy atom. The number of unbranched alkanes of at least 4 members (excludes halogenated alkanes) is 4. The molecule has 150 valence electrons. The molecule has 0 rings (SSSR count). The van der Waals surface area contributed by atoms with Gasteiger partial charge >= 0.3 is 0 Å². The normalized spacial score (nSPS) is 14.4. The van der Waals surface area contributed by atoms with E-state index in [1.807, 2.05) is 0 Å². The van der Waals surface area contributed by atoms with Crippen LogP contribution in [0.25, 0.3) is 0 Å². The van der Waals surface area contributed by atoms with Crippen LogP contribution in [0.4, 0.5) is 0 Å². The van der Waals surface area contributed by atoms with Crippen molar-refractivity contribution in [3.63, 3.8) is 0 Å². The Balaban J connectivity index is 5.18. The van der Waals surface area contributed by atoms with E-state index in [2.05, 4.69) is 68.1 Å². The van der Waals surface area contributed by atoms with E-state index < -0.39 is 8.32 Å². The standard InChI is InChI=1S/C23H48OSi/c1-11-13-15-17-21(18-16-14-12-2)20(5)22(19(3)4)24-25(9,10)23(6,7)8/h19,21-22H,5,11-18H2,1-4,6-10H3. The van der Waals surface area contributed by atoms with Crippen LogP contribution in [-0.4, -0.2) is 14.4 Å². The quantitative estimate of drug-likeness (QED) is 0.180. The van der Waals surface area contributed by atoms with Crippen LogP contribution < -0.4 is 0 Å². The van der Waals surface area contributed by atoms with Gasteiger partial charge in [-0.15, -0.1) is 0 Å². The summed E-state index contributed by atoms with van der Waals surface area (Å²) in [7, 11) is -1.78. The predicted octanol–water partition coefficient (Wildman–Crippen LogP) is 8.37. The van der Waals surface area contributed by atoms with Gasteiger partial charge in [-0.2, -0.15) is 0 Å². The van der Waals surface area contributed by atoms with Crippen molar-refractivity contribution in [3.05, 3.63) is 12.2 Å². The molecule has 1 nitrogen and oxygen atoms in total. The molecule has 0 N–H and O–H groups in total. The van der Waals surface area contributed by atoms with Gasteiger partial charge in [0.2, 0.25) is 0 Å². The highest BCUT2D eigenvalue weighted by molar-refractivity contribution is 6.74. The van der Waals surface area contributed by atoms with Gasteiger partial charge in [-0.1, -0.05) is 93.6 Å². The first-order chi connectivity index (χ1) is 11.5. The molecule has 0 bridgehead atoms. The monoisotopic (exact) mass is 368 g/mol. The third-order valence-corrected chi connectivity index (χ3v) is 10.5. The molecule has 0 aromatic heterocycles. The van der Waals surface area contributed by atoms with Crippen molar-refractivity contribution in [2.75, 3.05) is 0 Å². The maximum atomic E-state index is 6.86. The largest absolute Gasteiger partial charge is 0.410 e. The van der Waals surface area contributed by atoms with E-state index in [0.29, 0.717) is 11.8 Å². The molecule has 0 aromatic rings. The van der Waals surface area contributed by atoms with Gasteiger partial charge in [-0.05, 0) is 48.4 Å². The van der Waals surface area contributed by atoms with Crippen LogP contribution in [0.2, 0.25) is 18.1 Å². The fourth-order valence-electron chi connectivity index (χ4n) is 3.16. The molecule has 1 unspecified atom stereocenters. The highest BCUT2D eigenvalue weighted by Gasteiger charge is 2.40. The molecular formula is C23H48OSi. The number of hydrogen-bond donors (Lipinski definition) is 0. The van der Waals surface area contributed by atoms with Crippen molar-refractivity contribution in [2.24, 2.45) is 11.8 Å². The van der Waals surface area contributed by atoms with Crippen molar-refractivity contribution >= 4 is 8.32 Å². The maximum Gasteiger partial charge on any atom is 0.192 e. The summed E-state index contributed by atoms with van der Waals surface area (Å²) in [6.07, 6.45) is 10.7. The molecule has 0 saturated heterocycles. The van der Waals surface area contributed by atoms with Crippen LogP contribution in [0.1, 0.15) is 99.8 Å². The van der Waals surface area contributed by atoms with E-state index in [-0.39, 0.29) is 11.1 Å². The minimum absolute atomic E-state index is 0.217. The molecule has 2 heteroatoms. The Hall–Kier alpha value is -0.0831. The smallest absolute Gasteiger partial charge is 0.192 e. The van der Waals surface area contributed by atoms with Crippen LogP contribution >= 0.6 is 0 Å². The molecule has 0 spiro atoms. The minimum atomic E-state index is -1.78. The van der Waals surface area contributed by atoms with E-state index >= 15 is 0 Å². The lowest BCUT2D eigenvalue weighted by Crippen LogP contribution is -2.46. The third kappa shape index (κ3) is 8.91. The lowest BCUT2D eigenvalue weighted by Gasteiger charge is -2.42. The van der Waals surface area contributed by atoms with Crippen molar-refractivity contribution in [1.82, 2.24) is 0 Å². The zero-order valence-corrected chi connectivity index (χ0v) is 20.0. The van der Waals surface area contributed by atoms with E-state index in [4.69, 9.17) is 4.43 Å². The Kier molecular flexibility index (Phi) is 11.6. The van der Waals surface area contributed by atoms with Crippen molar-refractivity contribution < 1.29 is 4.43 Å². The summed E-state index contributed by atoms with van der Waals surface area (Å²) in [6, 6.07) is 0. The lowest BCUT2D eigenvalue weighted by atomic mass is 9.83. The Labute approximate surface area is 161 Å². The van der Waals surface area contributed by atoms with Gasteiger partial charge in [0, 0.05) is 0 Å². The summed E-state index contributed by atoms with van der Waals surface area (Å²) in [4.78, 5) is 0. The average molecular weight is 369 g/mol. The van der Waals surface area contributed by atoms with Crippen molar-refractivity contribution in [3.8, 4) is 0 Å². The number of hydrogen-bond acceptors (Lipinski definition) is 1. The summed E-state index contributed by atoms with van der Waals surface area (Å²) in [6.45, 7) is 25.5. The third-order valence-electron chi connectivity index (χ3n) is 6.04. The first kappa shape index (κ1) is 24.9. The van der Waals surface area contributed by atoms with Gasteiger partial charge in [-0.3, -0.25) is 0 Å². The minimum Gasteiger partial charge on any atom is -0.410 e. The summed E-state index contributed by atoms with van der Waals surface area (Å²) in [5, 5.41) is 0.250. The van der Waals surface area contributed by atoms with E-state index in [9.17, 15) is 0 Å². The van der Waals surface area contributed by atoms with Crippen molar-refractivity contribution in [1.29, 1.82) is 0 Å². The van der Waals surface area contributed by atoms with Gasteiger partial charge < -0.3 is 4.43 Å². The zero-order valence-electron chi connectivity index (χ0n) is 19.0. The van der Waals surface area contributed by atoms with E-state index in [0.717, 1.165) is 0 Å². The molecule has 1 atom stereocenters. The molecule has 25 heavy (non-hydrogen) atoms. The average Bonchev–Trinajstić information content (AvgIpc) is 2.49. The van der Waals surface area contributed by atoms with Crippen LogP contribution in [-0.2, 0) is 4.43 Å². The number of rotatable bonds is 13. The van der Waals surface area contributed by atoms with E-state index in [1.165, 1.54) is 56.9 Å². The Morgan fingerprint density at radius 3 is 1.68 bits per heavy atom. The SMILES string of the molecule is C=C(C(CCCCC)CCCCC)C(O[Si](C)(C)C(C)(C)C)C(C)C. The van der Waals surface area contributed by atoms with Crippen LogP contribution in [0.5, 0.6) is 0 Å². The van der Waals surface area contributed by atoms with Crippen LogP contribution in [0.15, 0.2) is 12.2 Å². The van der Waals surface area contributed by atoms with Gasteiger partial charge in [0.15, 0.2) is 8.32 Å². The van der Waals surface area contributed by atoms with Crippen LogP contribution in [0.3, 0.4) is 0 Å². The lowest BCUT2D eigenvalue weighted by molar-refractivity contribution is 0.152. The fourth-order valence-corrected chi connectivity index (χ4v) is 4.57. The second-order valence-electron chi connectivity index (χ2n) is 9.81. The summed E-state index contributed by atoms with van der Waals surface area (Å²) in [5.74, 6) is 1.14. The van der Waals surface area contributed by atoms with Gasteiger partial charge in [0.25, 0.3) is 0 Å². The van der Waals surface area contributed by atoms with Gasteiger partial charge in [-0.25, -0.2) is 0 Å². The second-order valence-corrected chi connectivity index (χ2v) is 14.6. The summed E-state index contributed by atoms with van der Waals surface area (Å²) >= 11 is 0. The molecule has 0 amide bonds. The highest BCUT2D eigenvalue weighted by Crippen LogP contribution is 2.40. The topological polar surface area (TPSA) is 9.23 Å². The zero-order chi connectivity index (χ0) is 19.7. The molecule has 0 aliphatic heterocycles. The van der Waals surface area contributed by atoms with Gasteiger partial charge in [0.05, 0.1) is 6.10 Å². The predicted molar refractivity (Wildman–Crippen MR) is 118 cm³/mol. The second kappa shape index (κ2) is 11.6. The molecule has 0 aliphatic rings. The molecular weight excluding hydrogens is 320 g/mol. The highest BCUT2D eigenvalue weighted by atomic mass is 28.4.